The fraction of sp³-hybridized carbons (Fsp3) is 0.727. The standard InChI is InChI=1S/C11H21NO2/c1-3-4-5-6-8-12-9-7-10(2)11(13)14/h12H,2-9H2,1H3,(H,13,14). The smallest absolute Gasteiger partial charge is 0.330 e. The first-order chi connectivity index (χ1) is 6.68. The van der Waals surface area contributed by atoms with Gasteiger partial charge in [-0.05, 0) is 25.9 Å². The van der Waals surface area contributed by atoms with Crippen LogP contribution < -0.4 is 5.32 Å². The summed E-state index contributed by atoms with van der Waals surface area (Å²) in [6, 6.07) is 0. The van der Waals surface area contributed by atoms with Gasteiger partial charge in [-0.15, -0.1) is 0 Å². The molecule has 0 aliphatic carbocycles. The van der Waals surface area contributed by atoms with Crippen LogP contribution in [0.25, 0.3) is 0 Å². The summed E-state index contributed by atoms with van der Waals surface area (Å²) < 4.78 is 0. The molecule has 0 amide bonds. The number of carboxylic acids is 1. The molecule has 0 bridgehead atoms. The van der Waals surface area contributed by atoms with Crippen LogP contribution in [0, 0.1) is 0 Å². The van der Waals surface area contributed by atoms with Gasteiger partial charge in [0, 0.05) is 5.57 Å². The van der Waals surface area contributed by atoms with Crippen LogP contribution in [0.2, 0.25) is 0 Å². The maximum Gasteiger partial charge on any atom is 0.330 e. The van der Waals surface area contributed by atoms with Crippen LogP contribution in [0.1, 0.15) is 39.0 Å². The number of carbonyl (C=O) groups is 1. The molecule has 0 spiro atoms. The van der Waals surface area contributed by atoms with E-state index < -0.39 is 5.97 Å². The predicted octanol–water partition coefficient (Wildman–Crippen LogP) is 2.19. The first kappa shape index (κ1) is 13.2. The van der Waals surface area contributed by atoms with Crippen molar-refractivity contribution < 1.29 is 9.90 Å². The Morgan fingerprint density at radius 3 is 2.57 bits per heavy atom. The molecule has 2 N–H and O–H groups in total. The molecule has 0 saturated carbocycles. The van der Waals surface area contributed by atoms with Gasteiger partial charge in [0.05, 0.1) is 0 Å². The Bertz CT molecular complexity index is 178. The quantitative estimate of drug-likeness (QED) is 0.442. The maximum atomic E-state index is 10.4. The lowest BCUT2D eigenvalue weighted by Gasteiger charge is -2.03. The van der Waals surface area contributed by atoms with Gasteiger partial charge in [-0.1, -0.05) is 32.8 Å². The second kappa shape index (κ2) is 8.75. The van der Waals surface area contributed by atoms with E-state index in [2.05, 4.69) is 18.8 Å². The van der Waals surface area contributed by atoms with Crippen LogP contribution >= 0.6 is 0 Å². The number of nitrogens with one attached hydrogen (secondary N) is 1. The van der Waals surface area contributed by atoms with Crippen molar-refractivity contribution >= 4 is 5.97 Å². The highest BCUT2D eigenvalue weighted by atomic mass is 16.4. The second-order valence-corrected chi connectivity index (χ2v) is 3.47. The molecule has 0 saturated heterocycles. The number of unbranched alkanes of at least 4 members (excludes halogenated alkanes) is 3. The Labute approximate surface area is 86.2 Å². The lowest BCUT2D eigenvalue weighted by atomic mass is 10.2. The van der Waals surface area contributed by atoms with Gasteiger partial charge < -0.3 is 10.4 Å². The lowest BCUT2D eigenvalue weighted by Crippen LogP contribution is -2.18. The third-order valence-electron chi connectivity index (χ3n) is 2.11. The molecular weight excluding hydrogens is 178 g/mol. The van der Waals surface area contributed by atoms with Gasteiger partial charge in [0.15, 0.2) is 0 Å². The van der Waals surface area contributed by atoms with Crippen molar-refractivity contribution in [2.45, 2.75) is 39.0 Å². The van der Waals surface area contributed by atoms with E-state index in [9.17, 15) is 4.79 Å². The summed E-state index contributed by atoms with van der Waals surface area (Å²) in [6.45, 7) is 7.35. The number of carboxylic acid groups (broad SMARTS) is 1. The molecule has 0 rings (SSSR count). The highest BCUT2D eigenvalue weighted by Crippen LogP contribution is 1.98. The fourth-order valence-electron chi connectivity index (χ4n) is 1.15. The summed E-state index contributed by atoms with van der Waals surface area (Å²) in [4.78, 5) is 10.4. The van der Waals surface area contributed by atoms with E-state index in [4.69, 9.17) is 5.11 Å². The normalized spacial score (nSPS) is 10.1. The van der Waals surface area contributed by atoms with Crippen LogP contribution in [0.3, 0.4) is 0 Å². The Morgan fingerprint density at radius 2 is 2.00 bits per heavy atom. The minimum atomic E-state index is -0.891. The van der Waals surface area contributed by atoms with E-state index in [-0.39, 0.29) is 5.57 Å². The van der Waals surface area contributed by atoms with E-state index >= 15 is 0 Å². The number of aliphatic carboxylic acids is 1. The van der Waals surface area contributed by atoms with E-state index in [0.29, 0.717) is 6.42 Å². The Balaban J connectivity index is 3.13. The van der Waals surface area contributed by atoms with Crippen LogP contribution in [0.4, 0.5) is 0 Å². The van der Waals surface area contributed by atoms with Gasteiger partial charge in [-0.2, -0.15) is 0 Å². The molecule has 0 heterocycles. The second-order valence-electron chi connectivity index (χ2n) is 3.47. The number of hydrogen-bond acceptors (Lipinski definition) is 2. The summed E-state index contributed by atoms with van der Waals surface area (Å²) in [5.74, 6) is -0.891. The summed E-state index contributed by atoms with van der Waals surface area (Å²) in [7, 11) is 0. The zero-order valence-corrected chi connectivity index (χ0v) is 9.01. The van der Waals surface area contributed by atoms with E-state index in [1.54, 1.807) is 0 Å². The monoisotopic (exact) mass is 199 g/mol. The fourth-order valence-corrected chi connectivity index (χ4v) is 1.15. The molecule has 0 radical (unpaired) electrons. The number of rotatable bonds is 9. The average Bonchev–Trinajstić information content (AvgIpc) is 2.16. The summed E-state index contributed by atoms with van der Waals surface area (Å²) >= 11 is 0. The molecule has 0 aromatic rings. The van der Waals surface area contributed by atoms with Gasteiger partial charge >= 0.3 is 5.97 Å². The maximum absolute atomic E-state index is 10.4. The van der Waals surface area contributed by atoms with Crippen LogP contribution in [0.15, 0.2) is 12.2 Å². The first-order valence-electron chi connectivity index (χ1n) is 5.30. The van der Waals surface area contributed by atoms with Crippen LogP contribution in [-0.4, -0.2) is 24.2 Å². The Morgan fingerprint density at radius 1 is 1.29 bits per heavy atom. The molecule has 0 aromatic heterocycles. The van der Waals surface area contributed by atoms with Crippen LogP contribution in [0.5, 0.6) is 0 Å². The molecule has 82 valence electrons. The molecule has 3 heteroatoms. The molecule has 3 nitrogen and oxygen atoms in total. The van der Waals surface area contributed by atoms with Gasteiger partial charge in [-0.25, -0.2) is 4.79 Å². The summed E-state index contributed by atoms with van der Waals surface area (Å²) in [5.41, 5.74) is 0.283. The molecule has 0 unspecified atom stereocenters. The van der Waals surface area contributed by atoms with Crippen molar-refractivity contribution in [3.63, 3.8) is 0 Å². The third kappa shape index (κ3) is 7.80. The van der Waals surface area contributed by atoms with Crippen LogP contribution in [-0.2, 0) is 4.79 Å². The van der Waals surface area contributed by atoms with Crippen molar-refractivity contribution in [3.8, 4) is 0 Å². The van der Waals surface area contributed by atoms with Crippen molar-refractivity contribution in [1.82, 2.24) is 5.32 Å². The highest BCUT2D eigenvalue weighted by Gasteiger charge is 2.01. The van der Waals surface area contributed by atoms with Crippen molar-refractivity contribution in [3.05, 3.63) is 12.2 Å². The van der Waals surface area contributed by atoms with E-state index in [1.165, 1.54) is 25.7 Å². The average molecular weight is 199 g/mol. The molecule has 0 fully saturated rings. The minimum Gasteiger partial charge on any atom is -0.478 e. The van der Waals surface area contributed by atoms with E-state index in [1.807, 2.05) is 0 Å². The lowest BCUT2D eigenvalue weighted by molar-refractivity contribution is -0.132. The third-order valence-corrected chi connectivity index (χ3v) is 2.11. The topological polar surface area (TPSA) is 49.3 Å². The number of hydrogen-bond donors (Lipinski definition) is 2. The predicted molar refractivity (Wildman–Crippen MR) is 58.4 cm³/mol. The van der Waals surface area contributed by atoms with E-state index in [0.717, 1.165) is 13.1 Å². The van der Waals surface area contributed by atoms with Crippen molar-refractivity contribution in [1.29, 1.82) is 0 Å². The molecule has 0 aliphatic rings. The largest absolute Gasteiger partial charge is 0.478 e. The van der Waals surface area contributed by atoms with Gasteiger partial charge in [0.2, 0.25) is 0 Å². The Kier molecular flexibility index (Phi) is 8.24. The first-order valence-corrected chi connectivity index (χ1v) is 5.30. The van der Waals surface area contributed by atoms with Crippen molar-refractivity contribution in [2.75, 3.05) is 13.1 Å². The molecule has 14 heavy (non-hydrogen) atoms. The molecule has 0 aliphatic heterocycles. The van der Waals surface area contributed by atoms with Gasteiger partial charge in [0.1, 0.15) is 0 Å². The Hall–Kier alpha value is -0.830. The highest BCUT2D eigenvalue weighted by molar-refractivity contribution is 5.85. The molecular formula is C11H21NO2. The molecule has 0 atom stereocenters. The van der Waals surface area contributed by atoms with Gasteiger partial charge in [0.25, 0.3) is 0 Å². The zero-order valence-electron chi connectivity index (χ0n) is 9.01. The summed E-state index contributed by atoms with van der Waals surface area (Å²) in [5, 5.41) is 11.7. The zero-order chi connectivity index (χ0) is 10.8. The van der Waals surface area contributed by atoms with Gasteiger partial charge in [-0.3, -0.25) is 0 Å². The summed E-state index contributed by atoms with van der Waals surface area (Å²) in [6.07, 6.45) is 5.49. The van der Waals surface area contributed by atoms with Crippen molar-refractivity contribution in [2.24, 2.45) is 0 Å². The molecule has 0 aromatic carbocycles. The minimum absolute atomic E-state index is 0.283. The SMILES string of the molecule is C=C(CCNCCCCCC)C(=O)O.